The second-order valence-electron chi connectivity index (χ2n) is 4.79. The number of thiophene rings is 1. The summed E-state index contributed by atoms with van der Waals surface area (Å²) < 4.78 is 1.02. The molecule has 1 saturated carbocycles. The lowest BCUT2D eigenvalue weighted by molar-refractivity contribution is -0.140. The molecule has 0 spiro atoms. The van der Waals surface area contributed by atoms with Crippen LogP contribution in [0, 0.1) is 12.3 Å². The maximum atomic E-state index is 11.4. The van der Waals surface area contributed by atoms with E-state index in [9.17, 15) is 9.90 Å². The lowest BCUT2D eigenvalue weighted by Gasteiger charge is -2.13. The number of hydrogen-bond acceptors (Lipinski definition) is 2. The molecule has 82 valence electrons. The monoisotopic (exact) mass is 288 g/mol. The summed E-state index contributed by atoms with van der Waals surface area (Å²) in [4.78, 5) is 13.5. The van der Waals surface area contributed by atoms with Crippen molar-refractivity contribution in [2.45, 2.75) is 32.6 Å². The van der Waals surface area contributed by atoms with E-state index in [-0.39, 0.29) is 5.41 Å². The van der Waals surface area contributed by atoms with Gasteiger partial charge in [0.15, 0.2) is 0 Å². The number of hydrogen-bond donors (Lipinski definition) is 1. The highest BCUT2D eigenvalue weighted by molar-refractivity contribution is 9.10. The maximum Gasteiger partial charge on any atom is 0.315 e. The summed E-state index contributed by atoms with van der Waals surface area (Å²) in [6, 6.07) is 1.96. The van der Waals surface area contributed by atoms with Gasteiger partial charge in [0, 0.05) is 14.2 Å². The van der Waals surface area contributed by atoms with Crippen LogP contribution in [0.3, 0.4) is 0 Å². The Kier molecular flexibility index (Phi) is 2.29. The van der Waals surface area contributed by atoms with E-state index in [0.717, 1.165) is 20.6 Å². The molecule has 1 fully saturated rings. The highest BCUT2D eigenvalue weighted by atomic mass is 79.9. The predicted octanol–water partition coefficient (Wildman–Crippen LogP) is 3.57. The van der Waals surface area contributed by atoms with Crippen LogP contribution in [0.1, 0.15) is 30.0 Å². The third-order valence-electron chi connectivity index (χ3n) is 3.38. The second-order valence-corrected chi connectivity index (χ2v) is 6.90. The maximum absolute atomic E-state index is 11.4. The van der Waals surface area contributed by atoms with Crippen molar-refractivity contribution in [3.05, 3.63) is 20.3 Å². The molecule has 15 heavy (non-hydrogen) atoms. The molecule has 1 N–H and O–H groups in total. The van der Waals surface area contributed by atoms with Gasteiger partial charge in [-0.1, -0.05) is 13.8 Å². The van der Waals surface area contributed by atoms with Gasteiger partial charge in [0.2, 0.25) is 0 Å². The molecule has 0 radical (unpaired) electrons. The van der Waals surface area contributed by atoms with Crippen molar-refractivity contribution >= 4 is 33.2 Å². The van der Waals surface area contributed by atoms with E-state index in [1.807, 2.05) is 26.8 Å². The summed E-state index contributed by atoms with van der Waals surface area (Å²) in [5, 5.41) is 9.38. The summed E-state index contributed by atoms with van der Waals surface area (Å²) in [6.07, 6.45) is 0.738. The van der Waals surface area contributed by atoms with Crippen LogP contribution in [0.4, 0.5) is 0 Å². The molecular formula is C11H13BrO2S. The number of halogens is 1. The van der Waals surface area contributed by atoms with Crippen LogP contribution in [0.25, 0.3) is 0 Å². The van der Waals surface area contributed by atoms with E-state index >= 15 is 0 Å². The Balaban J connectivity index is 2.50. The van der Waals surface area contributed by atoms with Gasteiger partial charge in [-0.05, 0) is 40.8 Å². The molecule has 1 aliphatic rings. The third-order valence-corrected chi connectivity index (χ3v) is 5.68. The Bertz CT molecular complexity index is 416. The summed E-state index contributed by atoms with van der Waals surface area (Å²) >= 11 is 5.03. The van der Waals surface area contributed by atoms with E-state index in [4.69, 9.17) is 0 Å². The average molecular weight is 289 g/mol. The molecule has 1 heterocycles. The van der Waals surface area contributed by atoms with Crippen molar-refractivity contribution in [2.24, 2.45) is 5.41 Å². The van der Waals surface area contributed by atoms with Crippen molar-refractivity contribution in [1.82, 2.24) is 0 Å². The molecule has 2 nitrogen and oxygen atoms in total. The molecule has 0 saturated heterocycles. The first-order valence-electron chi connectivity index (χ1n) is 4.81. The first-order chi connectivity index (χ1) is 6.81. The first kappa shape index (κ1) is 11.1. The Morgan fingerprint density at radius 3 is 2.40 bits per heavy atom. The summed E-state index contributed by atoms with van der Waals surface area (Å²) in [5.41, 5.74) is -0.760. The summed E-state index contributed by atoms with van der Waals surface area (Å²) in [6.45, 7) is 6.04. The average Bonchev–Trinajstić information content (AvgIpc) is 2.54. The van der Waals surface area contributed by atoms with Gasteiger partial charge in [0.1, 0.15) is 5.41 Å². The van der Waals surface area contributed by atoms with Gasteiger partial charge in [-0.2, -0.15) is 0 Å². The van der Waals surface area contributed by atoms with Crippen LogP contribution in [0.15, 0.2) is 10.5 Å². The minimum absolute atomic E-state index is 0.116. The zero-order valence-electron chi connectivity index (χ0n) is 8.93. The highest BCUT2D eigenvalue weighted by Gasteiger charge is 2.68. The number of carboxylic acid groups (broad SMARTS) is 1. The van der Waals surface area contributed by atoms with E-state index in [1.54, 1.807) is 11.3 Å². The largest absolute Gasteiger partial charge is 0.481 e. The fourth-order valence-electron chi connectivity index (χ4n) is 2.18. The lowest BCUT2D eigenvalue weighted by atomic mass is 9.94. The molecule has 1 aliphatic carbocycles. The Hall–Kier alpha value is -0.350. The zero-order chi connectivity index (χ0) is 11.4. The molecule has 0 aromatic carbocycles. The van der Waals surface area contributed by atoms with E-state index in [1.165, 1.54) is 0 Å². The molecule has 1 aromatic rings. The number of rotatable bonds is 2. The van der Waals surface area contributed by atoms with Gasteiger partial charge in [-0.3, -0.25) is 4.79 Å². The van der Waals surface area contributed by atoms with E-state index in [2.05, 4.69) is 15.9 Å². The highest BCUT2D eigenvalue weighted by Crippen LogP contribution is 2.65. The third kappa shape index (κ3) is 1.38. The van der Waals surface area contributed by atoms with Gasteiger partial charge in [-0.25, -0.2) is 0 Å². The summed E-state index contributed by atoms with van der Waals surface area (Å²) in [5.74, 6) is -0.693. The Morgan fingerprint density at radius 1 is 1.60 bits per heavy atom. The molecule has 0 amide bonds. The van der Waals surface area contributed by atoms with E-state index < -0.39 is 11.4 Å². The van der Waals surface area contributed by atoms with Crippen molar-refractivity contribution in [3.8, 4) is 0 Å². The van der Waals surface area contributed by atoms with E-state index in [0.29, 0.717) is 0 Å². The number of carbonyl (C=O) groups is 1. The van der Waals surface area contributed by atoms with Gasteiger partial charge in [-0.15, -0.1) is 11.3 Å². The lowest BCUT2D eigenvalue weighted by Crippen LogP contribution is -2.24. The summed E-state index contributed by atoms with van der Waals surface area (Å²) in [7, 11) is 0. The normalized spacial score (nSPS) is 27.7. The van der Waals surface area contributed by atoms with Crippen molar-refractivity contribution in [1.29, 1.82) is 0 Å². The van der Waals surface area contributed by atoms with Crippen molar-refractivity contribution in [3.63, 3.8) is 0 Å². The van der Waals surface area contributed by atoms with Crippen LogP contribution in [0.5, 0.6) is 0 Å². The van der Waals surface area contributed by atoms with Gasteiger partial charge < -0.3 is 5.11 Å². The SMILES string of the molecule is Cc1sc(C2(C(=O)O)CC2(C)C)cc1Br. The van der Waals surface area contributed by atoms with Gasteiger partial charge in [0.25, 0.3) is 0 Å². The van der Waals surface area contributed by atoms with Gasteiger partial charge in [0.05, 0.1) is 0 Å². The minimum atomic E-state index is -0.693. The number of aliphatic carboxylic acids is 1. The molecule has 1 atom stereocenters. The van der Waals surface area contributed by atoms with Crippen LogP contribution in [-0.4, -0.2) is 11.1 Å². The second kappa shape index (κ2) is 3.08. The minimum Gasteiger partial charge on any atom is -0.481 e. The molecule has 1 unspecified atom stereocenters. The Morgan fingerprint density at radius 2 is 2.13 bits per heavy atom. The molecule has 1 aromatic heterocycles. The number of aryl methyl sites for hydroxylation is 1. The molecule has 0 bridgehead atoms. The topological polar surface area (TPSA) is 37.3 Å². The van der Waals surface area contributed by atoms with Crippen LogP contribution < -0.4 is 0 Å². The smallest absolute Gasteiger partial charge is 0.315 e. The van der Waals surface area contributed by atoms with Crippen LogP contribution in [0.2, 0.25) is 0 Å². The van der Waals surface area contributed by atoms with Crippen molar-refractivity contribution in [2.75, 3.05) is 0 Å². The standard InChI is InChI=1S/C11H13BrO2S/c1-6-7(12)4-8(15-6)11(9(13)14)5-10(11,2)3/h4H,5H2,1-3H3,(H,13,14). The zero-order valence-corrected chi connectivity index (χ0v) is 11.3. The first-order valence-corrected chi connectivity index (χ1v) is 6.42. The van der Waals surface area contributed by atoms with Crippen LogP contribution >= 0.6 is 27.3 Å². The molecule has 2 rings (SSSR count). The fraction of sp³-hybridized carbons (Fsp3) is 0.545. The molecule has 4 heteroatoms. The predicted molar refractivity (Wildman–Crippen MR) is 64.5 cm³/mol. The van der Waals surface area contributed by atoms with Crippen molar-refractivity contribution < 1.29 is 9.90 Å². The quantitative estimate of drug-likeness (QED) is 0.903. The molecule has 0 aliphatic heterocycles. The Labute approximate surface area is 101 Å². The van der Waals surface area contributed by atoms with Gasteiger partial charge >= 0.3 is 5.97 Å². The van der Waals surface area contributed by atoms with Crippen LogP contribution in [-0.2, 0) is 10.2 Å². The molecular weight excluding hydrogens is 276 g/mol. The fourth-order valence-corrected chi connectivity index (χ4v) is 4.08. The number of carboxylic acids is 1.